The van der Waals surface area contributed by atoms with E-state index in [9.17, 15) is 22.8 Å². The first-order chi connectivity index (χ1) is 11.1. The molecule has 4 nitrogen and oxygen atoms in total. The Morgan fingerprint density at radius 2 is 1.67 bits per heavy atom. The highest BCUT2D eigenvalue weighted by atomic mass is 19.4. The summed E-state index contributed by atoms with van der Waals surface area (Å²) in [5.74, 6) is -3.82. The zero-order valence-electron chi connectivity index (χ0n) is 13.7. The second-order valence-corrected chi connectivity index (χ2v) is 5.82. The molecule has 0 radical (unpaired) electrons. The van der Waals surface area contributed by atoms with E-state index >= 15 is 0 Å². The second kappa shape index (κ2) is 8.17. The molecule has 1 unspecified atom stereocenters. The van der Waals surface area contributed by atoms with Crippen molar-refractivity contribution < 1.29 is 27.9 Å². The van der Waals surface area contributed by atoms with Crippen LogP contribution in [0.25, 0.3) is 0 Å². The average molecular weight is 345 g/mol. The van der Waals surface area contributed by atoms with Gasteiger partial charge < -0.3 is 10.4 Å². The molecule has 2 N–H and O–H groups in total. The number of carboxylic acids is 1. The highest BCUT2D eigenvalue weighted by molar-refractivity contribution is 5.79. The number of benzene rings is 1. The van der Waals surface area contributed by atoms with Gasteiger partial charge in [0.05, 0.1) is 12.3 Å². The Hall–Kier alpha value is -2.05. The molecule has 0 heterocycles. The van der Waals surface area contributed by atoms with E-state index in [1.807, 2.05) is 0 Å². The smallest absolute Gasteiger partial charge is 0.396 e. The molecular formula is C17H22F3NO3. The summed E-state index contributed by atoms with van der Waals surface area (Å²) in [5.41, 5.74) is -1.02. The van der Waals surface area contributed by atoms with Crippen LogP contribution in [-0.2, 0) is 9.59 Å². The number of aliphatic carboxylic acids is 1. The van der Waals surface area contributed by atoms with Crippen molar-refractivity contribution in [1.29, 1.82) is 0 Å². The number of halogens is 3. The number of alkyl halides is 3. The van der Waals surface area contributed by atoms with Gasteiger partial charge in [-0.3, -0.25) is 9.59 Å². The van der Waals surface area contributed by atoms with Crippen LogP contribution in [0.1, 0.15) is 51.0 Å². The van der Waals surface area contributed by atoms with Crippen LogP contribution in [0.3, 0.4) is 0 Å². The first-order valence-corrected chi connectivity index (χ1v) is 7.78. The molecule has 1 amide bonds. The fraction of sp³-hybridized carbons (Fsp3) is 0.529. The van der Waals surface area contributed by atoms with Gasteiger partial charge in [0.2, 0.25) is 5.91 Å². The predicted octanol–water partition coefficient (Wildman–Crippen LogP) is 3.87. The van der Waals surface area contributed by atoms with Gasteiger partial charge in [-0.2, -0.15) is 13.2 Å². The minimum Gasteiger partial charge on any atom is -0.481 e. The number of amides is 1. The van der Waals surface area contributed by atoms with Gasteiger partial charge >= 0.3 is 12.1 Å². The standard InChI is InChI=1S/C17H22F3NO3/c1-3-16(4-2,11-15(23)24)21-14(22)10-13(17(18,19)20)12-8-6-5-7-9-12/h5-9,13H,3-4,10-11H2,1-2H3,(H,21,22)(H,23,24). The van der Waals surface area contributed by atoms with E-state index in [0.29, 0.717) is 12.8 Å². The Bertz CT molecular complexity index is 554. The predicted molar refractivity (Wildman–Crippen MR) is 83.6 cm³/mol. The van der Waals surface area contributed by atoms with E-state index in [4.69, 9.17) is 5.11 Å². The number of nitrogens with one attached hydrogen (secondary N) is 1. The summed E-state index contributed by atoms with van der Waals surface area (Å²) < 4.78 is 39.9. The summed E-state index contributed by atoms with van der Waals surface area (Å²) in [7, 11) is 0. The van der Waals surface area contributed by atoms with Crippen LogP contribution < -0.4 is 5.32 Å². The third kappa shape index (κ3) is 5.54. The molecule has 0 aliphatic heterocycles. The lowest BCUT2D eigenvalue weighted by atomic mass is 9.87. The molecule has 0 saturated heterocycles. The van der Waals surface area contributed by atoms with E-state index in [2.05, 4.69) is 5.32 Å². The van der Waals surface area contributed by atoms with Crippen molar-refractivity contribution in [2.75, 3.05) is 0 Å². The van der Waals surface area contributed by atoms with E-state index in [1.165, 1.54) is 24.3 Å². The van der Waals surface area contributed by atoms with Gasteiger partial charge in [-0.05, 0) is 18.4 Å². The Morgan fingerprint density at radius 1 is 1.12 bits per heavy atom. The van der Waals surface area contributed by atoms with Crippen LogP contribution in [0.15, 0.2) is 30.3 Å². The van der Waals surface area contributed by atoms with Crippen LogP contribution >= 0.6 is 0 Å². The van der Waals surface area contributed by atoms with E-state index in [1.54, 1.807) is 19.9 Å². The minimum atomic E-state index is -4.56. The van der Waals surface area contributed by atoms with Crippen molar-refractivity contribution >= 4 is 11.9 Å². The van der Waals surface area contributed by atoms with Gasteiger partial charge in [-0.25, -0.2) is 0 Å². The Balaban J connectivity index is 2.94. The fourth-order valence-electron chi connectivity index (χ4n) is 2.65. The Morgan fingerprint density at radius 3 is 2.08 bits per heavy atom. The summed E-state index contributed by atoms with van der Waals surface area (Å²) in [6.45, 7) is 3.40. The maximum absolute atomic E-state index is 13.3. The lowest BCUT2D eigenvalue weighted by Crippen LogP contribution is -2.49. The number of rotatable bonds is 8. The quantitative estimate of drug-likeness (QED) is 0.751. The third-order valence-corrected chi connectivity index (χ3v) is 4.23. The molecule has 0 aromatic heterocycles. The molecule has 0 aliphatic carbocycles. The Kier molecular flexibility index (Phi) is 6.81. The molecule has 1 aromatic rings. The van der Waals surface area contributed by atoms with Crippen LogP contribution in [0, 0.1) is 0 Å². The number of hydrogen-bond donors (Lipinski definition) is 2. The maximum atomic E-state index is 13.3. The zero-order valence-corrected chi connectivity index (χ0v) is 13.7. The van der Waals surface area contributed by atoms with E-state index < -0.39 is 35.9 Å². The fourth-order valence-corrected chi connectivity index (χ4v) is 2.65. The number of carboxylic acid groups (broad SMARTS) is 1. The molecule has 24 heavy (non-hydrogen) atoms. The molecule has 1 aromatic carbocycles. The Labute approximate surface area is 139 Å². The molecular weight excluding hydrogens is 323 g/mol. The summed E-state index contributed by atoms with van der Waals surface area (Å²) in [6.07, 6.45) is -5.01. The van der Waals surface area contributed by atoms with Gasteiger partial charge in [-0.15, -0.1) is 0 Å². The van der Waals surface area contributed by atoms with Crippen LogP contribution in [-0.4, -0.2) is 28.7 Å². The van der Waals surface area contributed by atoms with Crippen molar-refractivity contribution in [3.63, 3.8) is 0 Å². The molecule has 0 aliphatic rings. The lowest BCUT2D eigenvalue weighted by Gasteiger charge is -2.32. The van der Waals surface area contributed by atoms with Gasteiger partial charge in [-0.1, -0.05) is 44.2 Å². The molecule has 0 spiro atoms. The van der Waals surface area contributed by atoms with E-state index in [-0.39, 0.29) is 12.0 Å². The van der Waals surface area contributed by atoms with Crippen molar-refractivity contribution in [3.8, 4) is 0 Å². The average Bonchev–Trinajstić information content (AvgIpc) is 2.51. The first kappa shape index (κ1) is 20.0. The molecule has 1 atom stereocenters. The van der Waals surface area contributed by atoms with Crippen molar-refractivity contribution in [2.24, 2.45) is 0 Å². The van der Waals surface area contributed by atoms with Gasteiger partial charge in [0.1, 0.15) is 0 Å². The molecule has 0 saturated carbocycles. The minimum absolute atomic E-state index is 0.0111. The molecule has 1 rings (SSSR count). The van der Waals surface area contributed by atoms with Crippen LogP contribution in [0.5, 0.6) is 0 Å². The summed E-state index contributed by atoms with van der Waals surface area (Å²) >= 11 is 0. The largest absolute Gasteiger partial charge is 0.481 e. The lowest BCUT2D eigenvalue weighted by molar-refractivity contribution is -0.158. The monoisotopic (exact) mass is 345 g/mol. The summed E-state index contributed by atoms with van der Waals surface area (Å²) in [5, 5.41) is 11.5. The van der Waals surface area contributed by atoms with Crippen molar-refractivity contribution in [2.45, 2.75) is 57.2 Å². The van der Waals surface area contributed by atoms with Gasteiger partial charge in [0.15, 0.2) is 0 Å². The number of carbonyl (C=O) groups is 2. The third-order valence-electron chi connectivity index (χ3n) is 4.23. The van der Waals surface area contributed by atoms with Gasteiger partial charge in [0, 0.05) is 12.0 Å². The highest BCUT2D eigenvalue weighted by Gasteiger charge is 2.42. The summed E-state index contributed by atoms with van der Waals surface area (Å²) in [6, 6.07) is 7.23. The molecule has 134 valence electrons. The molecule has 7 heteroatoms. The maximum Gasteiger partial charge on any atom is 0.396 e. The number of carbonyl (C=O) groups excluding carboxylic acids is 1. The number of hydrogen-bond acceptors (Lipinski definition) is 2. The van der Waals surface area contributed by atoms with Crippen LogP contribution in [0.2, 0.25) is 0 Å². The van der Waals surface area contributed by atoms with Crippen molar-refractivity contribution in [1.82, 2.24) is 5.32 Å². The van der Waals surface area contributed by atoms with E-state index in [0.717, 1.165) is 0 Å². The van der Waals surface area contributed by atoms with Crippen LogP contribution in [0.4, 0.5) is 13.2 Å². The normalized spacial score (nSPS) is 13.4. The SMILES string of the molecule is CCC(CC)(CC(=O)O)NC(=O)CC(c1ccccc1)C(F)(F)F. The zero-order chi connectivity index (χ0) is 18.4. The second-order valence-electron chi connectivity index (χ2n) is 5.82. The van der Waals surface area contributed by atoms with Crippen molar-refractivity contribution in [3.05, 3.63) is 35.9 Å². The summed E-state index contributed by atoms with van der Waals surface area (Å²) in [4.78, 5) is 23.2. The molecule has 0 bridgehead atoms. The first-order valence-electron chi connectivity index (χ1n) is 7.78. The molecule has 0 fully saturated rings. The highest BCUT2D eigenvalue weighted by Crippen LogP contribution is 2.37. The van der Waals surface area contributed by atoms with Gasteiger partial charge in [0.25, 0.3) is 0 Å². The topological polar surface area (TPSA) is 66.4 Å².